The lowest BCUT2D eigenvalue weighted by molar-refractivity contribution is -0.385. The van der Waals surface area contributed by atoms with E-state index in [-0.39, 0.29) is 34.9 Å². The van der Waals surface area contributed by atoms with E-state index < -0.39 is 29.1 Å². The number of ether oxygens (including phenoxy) is 3. The molecule has 0 radical (unpaired) electrons. The number of benzene rings is 2. The lowest BCUT2D eigenvalue weighted by Gasteiger charge is -2.12. The second-order valence-corrected chi connectivity index (χ2v) is 5.49. The van der Waals surface area contributed by atoms with Crippen molar-refractivity contribution in [2.75, 3.05) is 25.6 Å². The fourth-order valence-electron chi connectivity index (χ4n) is 2.38. The normalized spacial score (nSPS) is 9.83. The summed E-state index contributed by atoms with van der Waals surface area (Å²) in [6.45, 7) is 1.23. The van der Waals surface area contributed by atoms with Gasteiger partial charge >= 0.3 is 5.97 Å². The predicted molar refractivity (Wildman–Crippen MR) is 101 cm³/mol. The third kappa shape index (κ3) is 5.20. The fourth-order valence-corrected chi connectivity index (χ4v) is 2.38. The monoisotopic (exact) mass is 399 g/mol. The third-order valence-corrected chi connectivity index (χ3v) is 3.65. The Balaban J connectivity index is 2.16. The minimum absolute atomic E-state index is 0.101. The summed E-state index contributed by atoms with van der Waals surface area (Å²) >= 11 is 0. The van der Waals surface area contributed by atoms with Gasteiger partial charge in [0.05, 0.1) is 36.0 Å². The van der Waals surface area contributed by atoms with Crippen molar-refractivity contribution in [3.05, 3.63) is 57.6 Å². The highest BCUT2D eigenvalue weighted by Crippen LogP contribution is 2.35. The number of rotatable bonds is 8. The molecule has 1 N–H and O–H groups in total. The number of nitro groups is 1. The minimum atomic E-state index is -1.08. The van der Waals surface area contributed by atoms with E-state index in [4.69, 9.17) is 19.5 Å². The Hall–Kier alpha value is -4.13. The molecule has 0 unspecified atom stereocenters. The first-order valence-corrected chi connectivity index (χ1v) is 8.36. The van der Waals surface area contributed by atoms with Gasteiger partial charge in [-0.25, -0.2) is 4.79 Å². The van der Waals surface area contributed by atoms with Gasteiger partial charge in [0, 0.05) is 6.07 Å². The summed E-state index contributed by atoms with van der Waals surface area (Å²) in [5.74, 6) is -1.58. The molecule has 0 saturated heterocycles. The smallest absolute Gasteiger partial charge is 0.345 e. The number of nitrogens with one attached hydrogen (secondary N) is 1. The second kappa shape index (κ2) is 9.70. The van der Waals surface area contributed by atoms with Crippen molar-refractivity contribution in [2.24, 2.45) is 0 Å². The van der Waals surface area contributed by atoms with Crippen molar-refractivity contribution in [1.29, 1.82) is 5.26 Å². The molecule has 150 valence electrons. The zero-order chi connectivity index (χ0) is 21.4. The minimum Gasteiger partial charge on any atom is -0.493 e. The standard InChI is InChI=1S/C19H17N3O7/c1-3-28-17-9-15(22(25)26)13(8-16(17)27-2)19(24)29-11-18(23)21-14-7-5-4-6-12(14)10-20/h4-9H,3,11H2,1-2H3,(H,21,23). The number of nitriles is 1. The maximum Gasteiger partial charge on any atom is 0.345 e. The summed E-state index contributed by atoms with van der Waals surface area (Å²) in [5.41, 5.74) is -0.446. The highest BCUT2D eigenvalue weighted by Gasteiger charge is 2.26. The maximum absolute atomic E-state index is 12.3. The first kappa shape index (κ1) is 21.2. The molecule has 1 amide bonds. The number of nitro benzene ring substituents is 1. The van der Waals surface area contributed by atoms with Crippen LogP contribution in [0.1, 0.15) is 22.8 Å². The van der Waals surface area contributed by atoms with Gasteiger partial charge in [-0.1, -0.05) is 12.1 Å². The summed E-state index contributed by atoms with van der Waals surface area (Å²) in [7, 11) is 1.32. The van der Waals surface area contributed by atoms with Gasteiger partial charge in [0.2, 0.25) is 0 Å². The highest BCUT2D eigenvalue weighted by molar-refractivity contribution is 5.98. The van der Waals surface area contributed by atoms with Crippen LogP contribution >= 0.6 is 0 Å². The molecule has 10 heteroatoms. The molecule has 0 saturated carbocycles. The van der Waals surface area contributed by atoms with Crippen molar-refractivity contribution >= 4 is 23.3 Å². The summed E-state index contributed by atoms with van der Waals surface area (Å²) in [4.78, 5) is 34.9. The van der Waals surface area contributed by atoms with Gasteiger partial charge in [-0.2, -0.15) is 5.26 Å². The van der Waals surface area contributed by atoms with Crippen LogP contribution in [0, 0.1) is 21.4 Å². The number of hydrogen-bond donors (Lipinski definition) is 1. The summed E-state index contributed by atoms with van der Waals surface area (Å²) < 4.78 is 15.2. The van der Waals surface area contributed by atoms with Crippen LogP contribution in [-0.2, 0) is 9.53 Å². The summed E-state index contributed by atoms with van der Waals surface area (Å²) in [5, 5.41) is 22.8. The topological polar surface area (TPSA) is 141 Å². The number of methoxy groups -OCH3 is 1. The number of hydrogen-bond acceptors (Lipinski definition) is 8. The van der Waals surface area contributed by atoms with E-state index >= 15 is 0 Å². The summed E-state index contributed by atoms with van der Waals surface area (Å²) in [6.07, 6.45) is 0. The Morgan fingerprint density at radius 3 is 2.59 bits per heavy atom. The highest BCUT2D eigenvalue weighted by atomic mass is 16.6. The van der Waals surface area contributed by atoms with Crippen LogP contribution in [0.4, 0.5) is 11.4 Å². The van der Waals surface area contributed by atoms with E-state index in [9.17, 15) is 19.7 Å². The van der Waals surface area contributed by atoms with Crippen molar-refractivity contribution < 1.29 is 28.7 Å². The van der Waals surface area contributed by atoms with Crippen molar-refractivity contribution in [1.82, 2.24) is 0 Å². The lowest BCUT2D eigenvalue weighted by Crippen LogP contribution is -2.21. The molecular formula is C19H17N3O7. The van der Waals surface area contributed by atoms with Crippen LogP contribution in [0.3, 0.4) is 0 Å². The van der Waals surface area contributed by atoms with E-state index in [1.165, 1.54) is 19.2 Å². The second-order valence-electron chi connectivity index (χ2n) is 5.49. The van der Waals surface area contributed by atoms with Gasteiger partial charge in [-0.15, -0.1) is 0 Å². The number of carbonyl (C=O) groups excluding carboxylic acids is 2. The molecule has 0 bridgehead atoms. The molecule has 2 aromatic rings. The maximum atomic E-state index is 12.3. The van der Waals surface area contributed by atoms with E-state index in [0.29, 0.717) is 0 Å². The third-order valence-electron chi connectivity index (χ3n) is 3.65. The Morgan fingerprint density at radius 1 is 1.24 bits per heavy atom. The van der Waals surface area contributed by atoms with Gasteiger partial charge < -0.3 is 19.5 Å². The number of esters is 1. The Bertz CT molecular complexity index is 982. The van der Waals surface area contributed by atoms with Crippen LogP contribution in [0.5, 0.6) is 11.5 Å². The molecule has 0 aliphatic carbocycles. The van der Waals surface area contributed by atoms with Crippen LogP contribution in [-0.4, -0.2) is 37.1 Å². The molecular weight excluding hydrogens is 382 g/mol. The molecule has 0 aliphatic heterocycles. The zero-order valence-corrected chi connectivity index (χ0v) is 15.6. The van der Waals surface area contributed by atoms with Crippen molar-refractivity contribution in [3.63, 3.8) is 0 Å². The predicted octanol–water partition coefficient (Wildman–Crippen LogP) is 2.67. The molecule has 0 heterocycles. The molecule has 2 aromatic carbocycles. The quantitative estimate of drug-likeness (QED) is 0.406. The van der Waals surface area contributed by atoms with Crippen molar-refractivity contribution in [2.45, 2.75) is 6.92 Å². The van der Waals surface area contributed by atoms with Crippen molar-refractivity contribution in [3.8, 4) is 17.6 Å². The molecule has 0 aromatic heterocycles. The first-order valence-electron chi connectivity index (χ1n) is 8.36. The van der Waals surface area contributed by atoms with Gasteiger partial charge in [0.15, 0.2) is 18.1 Å². The summed E-state index contributed by atoms with van der Waals surface area (Å²) in [6, 6.07) is 10.4. The molecule has 0 aliphatic rings. The van der Waals surface area contributed by atoms with Crippen LogP contribution in [0.25, 0.3) is 0 Å². The van der Waals surface area contributed by atoms with Gasteiger partial charge in [-0.3, -0.25) is 14.9 Å². The Labute approximate surface area is 165 Å². The van der Waals surface area contributed by atoms with Gasteiger partial charge in [0.1, 0.15) is 11.6 Å². The van der Waals surface area contributed by atoms with Gasteiger partial charge in [0.25, 0.3) is 11.6 Å². The molecule has 10 nitrogen and oxygen atoms in total. The number of para-hydroxylation sites is 1. The SMILES string of the molecule is CCOc1cc([N+](=O)[O-])c(C(=O)OCC(=O)Nc2ccccc2C#N)cc1OC. The largest absolute Gasteiger partial charge is 0.493 e. The molecule has 0 atom stereocenters. The molecule has 0 spiro atoms. The number of carbonyl (C=O) groups is 2. The van der Waals surface area contributed by atoms with Gasteiger partial charge in [-0.05, 0) is 19.1 Å². The van der Waals surface area contributed by atoms with Crippen LogP contribution < -0.4 is 14.8 Å². The fraction of sp³-hybridized carbons (Fsp3) is 0.211. The van der Waals surface area contributed by atoms with Crippen LogP contribution in [0.15, 0.2) is 36.4 Å². The lowest BCUT2D eigenvalue weighted by atomic mass is 10.1. The molecule has 29 heavy (non-hydrogen) atoms. The zero-order valence-electron chi connectivity index (χ0n) is 15.6. The van der Waals surface area contributed by atoms with Crippen LogP contribution in [0.2, 0.25) is 0 Å². The number of anilines is 1. The van der Waals surface area contributed by atoms with E-state index in [1.807, 2.05) is 6.07 Å². The average molecular weight is 399 g/mol. The Kier molecular flexibility index (Phi) is 7.08. The van der Waals surface area contributed by atoms with E-state index in [1.54, 1.807) is 19.1 Å². The van der Waals surface area contributed by atoms with E-state index in [2.05, 4.69) is 5.32 Å². The molecule has 2 rings (SSSR count). The number of nitrogens with zero attached hydrogens (tertiary/aromatic N) is 2. The first-order chi connectivity index (χ1) is 13.9. The number of amides is 1. The molecule has 0 fully saturated rings. The average Bonchev–Trinajstić information content (AvgIpc) is 2.72. The van der Waals surface area contributed by atoms with E-state index in [0.717, 1.165) is 12.1 Å². The Morgan fingerprint density at radius 2 is 1.97 bits per heavy atom.